The van der Waals surface area contributed by atoms with Gasteiger partial charge in [-0.05, 0) is 55.3 Å². The molecule has 0 spiro atoms. The van der Waals surface area contributed by atoms with Crippen LogP contribution in [0.2, 0.25) is 0 Å². The van der Waals surface area contributed by atoms with Gasteiger partial charge in [-0.1, -0.05) is 24.3 Å². The molecule has 0 unspecified atom stereocenters. The van der Waals surface area contributed by atoms with Crippen LogP contribution in [-0.2, 0) is 10.0 Å². The Balaban J connectivity index is 1.93. The second-order valence-corrected chi connectivity index (χ2v) is 7.48. The maximum absolute atomic E-state index is 13.4. The lowest BCUT2D eigenvalue weighted by Crippen LogP contribution is -2.15. The van der Waals surface area contributed by atoms with Crippen molar-refractivity contribution in [1.29, 1.82) is 0 Å². The molecular weight excluding hydrogens is 358 g/mol. The van der Waals surface area contributed by atoms with Gasteiger partial charge < -0.3 is 0 Å². The average molecular weight is 374 g/mol. The largest absolute Gasteiger partial charge is 0.263 e. The highest BCUT2D eigenvalue weighted by Gasteiger charge is 2.17. The van der Waals surface area contributed by atoms with Crippen LogP contribution in [0.5, 0.6) is 0 Å². The van der Waals surface area contributed by atoms with Gasteiger partial charge in [0.25, 0.3) is 10.0 Å². The van der Waals surface area contributed by atoms with E-state index in [1.165, 1.54) is 18.2 Å². The van der Waals surface area contributed by atoms with Crippen LogP contribution in [0.15, 0.2) is 59.5 Å². The molecule has 0 saturated heterocycles. The Labute approximate surface area is 150 Å². The van der Waals surface area contributed by atoms with Crippen molar-refractivity contribution in [1.82, 2.24) is 4.98 Å². The number of rotatable bonds is 4. The minimum Gasteiger partial charge on any atom is -0.263 e. The Morgan fingerprint density at radius 2 is 1.65 bits per heavy atom. The first-order valence-electron chi connectivity index (χ1n) is 7.79. The maximum Gasteiger partial charge on any atom is 0.263 e. The summed E-state index contributed by atoms with van der Waals surface area (Å²) in [4.78, 5) is 4.41. The SMILES string of the molecule is Cc1ccccc1S(=O)(=O)Nc1ccc(-c2ccc(F)c(F)c2)c(C)n1. The van der Waals surface area contributed by atoms with Crippen molar-refractivity contribution in [3.63, 3.8) is 0 Å². The van der Waals surface area contributed by atoms with Gasteiger partial charge in [0, 0.05) is 11.3 Å². The van der Waals surface area contributed by atoms with Crippen LogP contribution >= 0.6 is 0 Å². The first-order chi connectivity index (χ1) is 12.3. The smallest absolute Gasteiger partial charge is 0.263 e. The molecular formula is C19H16F2N2O2S. The van der Waals surface area contributed by atoms with Crippen molar-refractivity contribution in [2.75, 3.05) is 4.72 Å². The summed E-state index contributed by atoms with van der Waals surface area (Å²) in [6, 6.07) is 13.3. The highest BCUT2D eigenvalue weighted by Crippen LogP contribution is 2.26. The van der Waals surface area contributed by atoms with Gasteiger partial charge in [0.05, 0.1) is 4.90 Å². The number of pyridine rings is 1. The van der Waals surface area contributed by atoms with E-state index in [1.807, 2.05) is 0 Å². The number of hydrogen-bond donors (Lipinski definition) is 1. The third kappa shape index (κ3) is 3.57. The fourth-order valence-electron chi connectivity index (χ4n) is 2.64. The lowest BCUT2D eigenvalue weighted by molar-refractivity contribution is 0.509. The summed E-state index contributed by atoms with van der Waals surface area (Å²) in [6.45, 7) is 3.38. The van der Waals surface area contributed by atoms with Gasteiger partial charge in [-0.25, -0.2) is 22.2 Å². The third-order valence-corrected chi connectivity index (χ3v) is 5.45. The number of nitrogens with one attached hydrogen (secondary N) is 1. The highest BCUT2D eigenvalue weighted by atomic mass is 32.2. The van der Waals surface area contributed by atoms with Gasteiger partial charge in [0.1, 0.15) is 5.82 Å². The van der Waals surface area contributed by atoms with Crippen molar-refractivity contribution in [2.45, 2.75) is 18.7 Å². The van der Waals surface area contributed by atoms with E-state index in [-0.39, 0.29) is 10.7 Å². The van der Waals surface area contributed by atoms with Gasteiger partial charge >= 0.3 is 0 Å². The molecule has 7 heteroatoms. The second kappa shape index (κ2) is 6.84. The molecule has 1 aromatic heterocycles. The van der Waals surface area contributed by atoms with Gasteiger partial charge in [-0.3, -0.25) is 4.72 Å². The predicted octanol–water partition coefficient (Wildman–Crippen LogP) is 4.44. The Morgan fingerprint density at radius 3 is 2.31 bits per heavy atom. The van der Waals surface area contributed by atoms with E-state index in [2.05, 4.69) is 9.71 Å². The molecule has 4 nitrogen and oxygen atoms in total. The van der Waals surface area contributed by atoms with E-state index < -0.39 is 21.7 Å². The molecule has 0 radical (unpaired) electrons. The number of aryl methyl sites for hydroxylation is 2. The molecule has 1 heterocycles. The van der Waals surface area contributed by atoms with E-state index in [0.717, 1.165) is 12.1 Å². The monoisotopic (exact) mass is 374 g/mol. The lowest BCUT2D eigenvalue weighted by atomic mass is 10.0. The molecule has 0 aliphatic heterocycles. The summed E-state index contributed by atoms with van der Waals surface area (Å²) in [5.41, 5.74) is 2.15. The molecule has 3 aromatic rings. The van der Waals surface area contributed by atoms with Crippen molar-refractivity contribution < 1.29 is 17.2 Å². The molecule has 0 amide bonds. The molecule has 0 aliphatic rings. The van der Waals surface area contributed by atoms with Crippen LogP contribution in [0, 0.1) is 25.5 Å². The minimum atomic E-state index is -3.77. The topological polar surface area (TPSA) is 59.1 Å². The van der Waals surface area contributed by atoms with Crippen LogP contribution in [-0.4, -0.2) is 13.4 Å². The van der Waals surface area contributed by atoms with E-state index in [0.29, 0.717) is 22.4 Å². The Hall–Kier alpha value is -2.80. The van der Waals surface area contributed by atoms with Crippen LogP contribution in [0.4, 0.5) is 14.6 Å². The first kappa shape index (κ1) is 18.0. The number of benzene rings is 2. The molecule has 0 bridgehead atoms. The first-order valence-corrected chi connectivity index (χ1v) is 9.28. The fourth-order valence-corrected chi connectivity index (χ4v) is 3.89. The molecule has 0 atom stereocenters. The van der Waals surface area contributed by atoms with Gasteiger partial charge in [-0.2, -0.15) is 0 Å². The standard InChI is InChI=1S/C19H16F2N2O2S/c1-12-5-3-4-6-18(12)26(24,25)23-19-10-8-15(13(2)22-19)14-7-9-16(20)17(21)11-14/h3-11H,1-2H3,(H,22,23). The van der Waals surface area contributed by atoms with E-state index in [9.17, 15) is 17.2 Å². The number of hydrogen-bond acceptors (Lipinski definition) is 3. The molecule has 0 fully saturated rings. The minimum absolute atomic E-state index is 0.150. The van der Waals surface area contributed by atoms with E-state index in [1.54, 1.807) is 38.1 Å². The van der Waals surface area contributed by atoms with Crippen molar-refractivity contribution >= 4 is 15.8 Å². The number of sulfonamides is 1. The molecule has 26 heavy (non-hydrogen) atoms. The summed E-state index contributed by atoms with van der Waals surface area (Å²) in [5, 5.41) is 0. The average Bonchev–Trinajstić information content (AvgIpc) is 2.57. The summed E-state index contributed by atoms with van der Waals surface area (Å²) in [7, 11) is -3.77. The van der Waals surface area contributed by atoms with Gasteiger partial charge in [0.15, 0.2) is 11.6 Å². The zero-order valence-electron chi connectivity index (χ0n) is 14.1. The zero-order chi connectivity index (χ0) is 18.9. The van der Waals surface area contributed by atoms with Crippen LogP contribution in [0.1, 0.15) is 11.3 Å². The summed E-state index contributed by atoms with van der Waals surface area (Å²) >= 11 is 0. The van der Waals surface area contributed by atoms with E-state index in [4.69, 9.17) is 0 Å². The number of aromatic nitrogens is 1. The maximum atomic E-state index is 13.4. The van der Waals surface area contributed by atoms with Crippen LogP contribution in [0.3, 0.4) is 0 Å². The van der Waals surface area contributed by atoms with Crippen molar-refractivity contribution in [2.24, 2.45) is 0 Å². The molecule has 3 rings (SSSR count). The van der Waals surface area contributed by atoms with Crippen LogP contribution in [0.25, 0.3) is 11.1 Å². The zero-order valence-corrected chi connectivity index (χ0v) is 14.9. The third-order valence-electron chi connectivity index (χ3n) is 3.94. The fraction of sp³-hybridized carbons (Fsp3) is 0.105. The molecule has 0 aliphatic carbocycles. The normalized spacial score (nSPS) is 11.4. The van der Waals surface area contributed by atoms with E-state index >= 15 is 0 Å². The Morgan fingerprint density at radius 1 is 0.923 bits per heavy atom. The second-order valence-electron chi connectivity index (χ2n) is 5.83. The van der Waals surface area contributed by atoms with Crippen LogP contribution < -0.4 is 4.72 Å². The quantitative estimate of drug-likeness (QED) is 0.734. The number of anilines is 1. The lowest BCUT2D eigenvalue weighted by Gasteiger charge is -2.12. The van der Waals surface area contributed by atoms with Crippen molar-refractivity contribution in [3.8, 4) is 11.1 Å². The molecule has 0 saturated carbocycles. The van der Waals surface area contributed by atoms with Gasteiger partial charge in [-0.15, -0.1) is 0 Å². The predicted molar refractivity (Wildman–Crippen MR) is 96.3 cm³/mol. The summed E-state index contributed by atoms with van der Waals surface area (Å²) in [5.74, 6) is -1.73. The molecule has 1 N–H and O–H groups in total. The molecule has 2 aromatic carbocycles. The van der Waals surface area contributed by atoms with Crippen molar-refractivity contribution in [3.05, 3.63) is 77.5 Å². The van der Waals surface area contributed by atoms with Gasteiger partial charge in [0.2, 0.25) is 0 Å². The molecule has 134 valence electrons. The number of halogens is 2. The summed E-state index contributed by atoms with van der Waals surface area (Å²) < 4.78 is 54.0. The highest BCUT2D eigenvalue weighted by molar-refractivity contribution is 7.92. The Kier molecular flexibility index (Phi) is 4.73. The number of nitrogens with zero attached hydrogens (tertiary/aromatic N) is 1. The summed E-state index contributed by atoms with van der Waals surface area (Å²) in [6.07, 6.45) is 0. The Bertz CT molecular complexity index is 1080.